The summed E-state index contributed by atoms with van der Waals surface area (Å²) in [6.45, 7) is 4.59. The van der Waals surface area contributed by atoms with Crippen molar-refractivity contribution >= 4 is 36.4 Å². The number of nitrogens with zero attached hydrogens (tertiary/aromatic N) is 1. The number of aliphatic hydroxyl groups is 1. The summed E-state index contributed by atoms with van der Waals surface area (Å²) in [6, 6.07) is 16.5. The maximum absolute atomic E-state index is 11.9. The summed E-state index contributed by atoms with van der Waals surface area (Å²) >= 11 is 6.59. The minimum atomic E-state index is -0.755. The SMILES string of the molecule is CC(c1ccc(OCc2ccccc2)c(Cl)c1)C1(O)CCCCC1N1CCC(N)CC1.Cl.Cl. The van der Waals surface area contributed by atoms with Gasteiger partial charge in [-0.15, -0.1) is 24.8 Å². The van der Waals surface area contributed by atoms with Crippen LogP contribution in [0.5, 0.6) is 5.75 Å². The van der Waals surface area contributed by atoms with Crippen LogP contribution >= 0.6 is 36.4 Å². The van der Waals surface area contributed by atoms with Crippen molar-refractivity contribution in [2.45, 2.75) is 75.7 Å². The summed E-state index contributed by atoms with van der Waals surface area (Å²) in [7, 11) is 0. The molecule has 4 nitrogen and oxygen atoms in total. The van der Waals surface area contributed by atoms with Gasteiger partial charge in [0.1, 0.15) is 12.4 Å². The van der Waals surface area contributed by atoms with Crippen LogP contribution < -0.4 is 10.5 Å². The zero-order valence-corrected chi connectivity index (χ0v) is 21.7. The zero-order valence-electron chi connectivity index (χ0n) is 19.3. The third kappa shape index (κ3) is 6.56. The quantitative estimate of drug-likeness (QED) is 0.498. The van der Waals surface area contributed by atoms with Crippen molar-refractivity contribution in [1.82, 2.24) is 4.90 Å². The summed E-state index contributed by atoms with van der Waals surface area (Å²) in [5.41, 5.74) is 7.54. The molecule has 2 aromatic carbocycles. The maximum atomic E-state index is 11.9. The van der Waals surface area contributed by atoms with Crippen LogP contribution in [0, 0.1) is 0 Å². The maximum Gasteiger partial charge on any atom is 0.138 e. The molecule has 1 saturated carbocycles. The van der Waals surface area contributed by atoms with Crippen molar-refractivity contribution in [3.63, 3.8) is 0 Å². The van der Waals surface area contributed by atoms with Gasteiger partial charge in [-0.2, -0.15) is 0 Å². The van der Waals surface area contributed by atoms with Crippen molar-refractivity contribution in [2.75, 3.05) is 13.1 Å². The highest BCUT2D eigenvalue weighted by Crippen LogP contribution is 2.44. The minimum absolute atomic E-state index is 0. The number of hydrogen-bond donors (Lipinski definition) is 2. The van der Waals surface area contributed by atoms with Gasteiger partial charge in [-0.3, -0.25) is 4.90 Å². The molecule has 1 aliphatic heterocycles. The van der Waals surface area contributed by atoms with Crippen molar-refractivity contribution in [2.24, 2.45) is 5.73 Å². The molecule has 33 heavy (non-hydrogen) atoms. The molecular weight excluding hydrogens is 479 g/mol. The molecule has 0 bridgehead atoms. The van der Waals surface area contributed by atoms with E-state index in [1.807, 2.05) is 42.5 Å². The van der Waals surface area contributed by atoms with Crippen LogP contribution in [0.15, 0.2) is 48.5 Å². The summed E-state index contributed by atoms with van der Waals surface area (Å²) in [5, 5.41) is 12.5. The van der Waals surface area contributed by atoms with Gasteiger partial charge in [-0.05, 0) is 48.9 Å². The average Bonchev–Trinajstić information content (AvgIpc) is 2.79. The van der Waals surface area contributed by atoms with Gasteiger partial charge in [-0.25, -0.2) is 0 Å². The molecule has 1 heterocycles. The molecule has 1 aliphatic carbocycles. The predicted octanol–water partition coefficient (Wildman–Crippen LogP) is 5.96. The molecule has 184 valence electrons. The number of piperidine rings is 1. The Bertz CT molecular complexity index is 862. The molecule has 4 rings (SSSR count). The van der Waals surface area contributed by atoms with Crippen LogP contribution in [0.1, 0.15) is 62.5 Å². The molecule has 0 amide bonds. The Kier molecular flexibility index (Phi) is 10.8. The number of benzene rings is 2. The highest BCUT2D eigenvalue weighted by Gasteiger charge is 2.46. The van der Waals surface area contributed by atoms with Crippen LogP contribution in [0.3, 0.4) is 0 Å². The van der Waals surface area contributed by atoms with E-state index in [4.69, 9.17) is 22.1 Å². The van der Waals surface area contributed by atoms with Gasteiger partial charge in [0.2, 0.25) is 0 Å². The molecule has 0 aromatic heterocycles. The number of ether oxygens (including phenoxy) is 1. The zero-order chi connectivity index (χ0) is 21.8. The molecule has 3 unspecified atom stereocenters. The summed E-state index contributed by atoms with van der Waals surface area (Å²) in [6.07, 6.45) is 6.14. The molecule has 3 N–H and O–H groups in total. The molecular formula is C26H37Cl3N2O2. The Morgan fingerprint density at radius 1 is 1.09 bits per heavy atom. The predicted molar refractivity (Wildman–Crippen MR) is 141 cm³/mol. The normalized spacial score (nSPS) is 24.9. The number of likely N-dealkylation sites (tertiary alicyclic amines) is 1. The van der Waals surface area contributed by atoms with Gasteiger partial charge in [0.05, 0.1) is 10.6 Å². The lowest BCUT2D eigenvalue weighted by Crippen LogP contribution is -2.59. The number of rotatable bonds is 6. The second-order valence-electron chi connectivity index (χ2n) is 9.31. The van der Waals surface area contributed by atoms with E-state index >= 15 is 0 Å². The van der Waals surface area contributed by atoms with Crippen LogP contribution in [0.4, 0.5) is 0 Å². The van der Waals surface area contributed by atoms with Gasteiger partial charge in [-0.1, -0.05) is 67.8 Å². The van der Waals surface area contributed by atoms with Crippen molar-refractivity contribution < 1.29 is 9.84 Å². The van der Waals surface area contributed by atoms with E-state index in [1.165, 1.54) is 6.42 Å². The van der Waals surface area contributed by atoms with E-state index in [2.05, 4.69) is 17.9 Å². The van der Waals surface area contributed by atoms with Gasteiger partial charge in [0.15, 0.2) is 0 Å². The van der Waals surface area contributed by atoms with Crippen molar-refractivity contribution in [1.29, 1.82) is 0 Å². The smallest absolute Gasteiger partial charge is 0.138 e. The van der Waals surface area contributed by atoms with Gasteiger partial charge in [0.25, 0.3) is 0 Å². The average molecular weight is 516 g/mol. The van der Waals surface area contributed by atoms with E-state index in [1.54, 1.807) is 0 Å². The van der Waals surface area contributed by atoms with Crippen LogP contribution in [-0.2, 0) is 6.61 Å². The Hall–Kier alpha value is -1.01. The van der Waals surface area contributed by atoms with E-state index in [0.717, 1.165) is 56.3 Å². The fourth-order valence-electron chi connectivity index (χ4n) is 5.32. The Balaban J connectivity index is 0.00000193. The first-order chi connectivity index (χ1) is 15.0. The first kappa shape index (κ1) is 28.2. The van der Waals surface area contributed by atoms with E-state index in [9.17, 15) is 5.11 Å². The summed E-state index contributed by atoms with van der Waals surface area (Å²) < 4.78 is 5.94. The fourth-order valence-corrected chi connectivity index (χ4v) is 5.57. The largest absolute Gasteiger partial charge is 0.487 e. The monoisotopic (exact) mass is 514 g/mol. The molecule has 2 aliphatic rings. The second kappa shape index (κ2) is 12.6. The second-order valence-corrected chi connectivity index (χ2v) is 9.72. The number of hydrogen-bond acceptors (Lipinski definition) is 4. The third-order valence-electron chi connectivity index (χ3n) is 7.34. The van der Waals surface area contributed by atoms with Gasteiger partial charge >= 0.3 is 0 Å². The Morgan fingerprint density at radius 2 is 1.79 bits per heavy atom. The Labute approximate surface area is 215 Å². The fraction of sp³-hybridized carbons (Fsp3) is 0.538. The Morgan fingerprint density at radius 3 is 2.45 bits per heavy atom. The van der Waals surface area contributed by atoms with Crippen LogP contribution in [0.25, 0.3) is 0 Å². The van der Waals surface area contributed by atoms with Gasteiger partial charge < -0.3 is 15.6 Å². The highest BCUT2D eigenvalue weighted by molar-refractivity contribution is 6.32. The number of nitrogens with two attached hydrogens (primary N) is 1. The molecule has 3 atom stereocenters. The molecule has 7 heteroatoms. The minimum Gasteiger partial charge on any atom is -0.487 e. The topological polar surface area (TPSA) is 58.7 Å². The first-order valence-corrected chi connectivity index (χ1v) is 12.0. The van der Waals surface area contributed by atoms with Crippen LogP contribution in [0.2, 0.25) is 5.02 Å². The molecule has 2 fully saturated rings. The lowest BCUT2D eigenvalue weighted by atomic mass is 9.69. The summed E-state index contributed by atoms with van der Waals surface area (Å²) in [4.78, 5) is 2.48. The van der Waals surface area contributed by atoms with E-state index < -0.39 is 5.60 Å². The highest BCUT2D eigenvalue weighted by atomic mass is 35.5. The first-order valence-electron chi connectivity index (χ1n) is 11.7. The van der Waals surface area contributed by atoms with Crippen molar-refractivity contribution in [3.05, 3.63) is 64.7 Å². The van der Waals surface area contributed by atoms with Crippen molar-refractivity contribution in [3.8, 4) is 5.75 Å². The third-order valence-corrected chi connectivity index (χ3v) is 7.64. The standard InChI is InChI=1S/C26H35ClN2O2.2ClH/c1-19(26(30)14-6-5-9-25(26)29-15-12-22(28)13-16-29)21-10-11-24(23(27)17-21)31-18-20-7-3-2-4-8-20;;/h2-4,7-8,10-11,17,19,22,25,30H,5-6,9,12-16,18,28H2,1H3;2*1H. The molecule has 0 spiro atoms. The van der Waals surface area contributed by atoms with E-state index in [0.29, 0.717) is 23.4 Å². The van der Waals surface area contributed by atoms with Gasteiger partial charge in [0, 0.05) is 31.1 Å². The lowest BCUT2D eigenvalue weighted by molar-refractivity contribution is -0.0938. The van der Waals surface area contributed by atoms with Crippen LogP contribution in [-0.4, -0.2) is 40.8 Å². The number of halogens is 3. The summed E-state index contributed by atoms with van der Waals surface area (Å²) in [5.74, 6) is 0.674. The molecule has 2 aromatic rings. The molecule has 1 saturated heterocycles. The molecule has 0 radical (unpaired) electrons. The van der Waals surface area contributed by atoms with E-state index in [-0.39, 0.29) is 36.8 Å². The lowest BCUT2D eigenvalue weighted by Gasteiger charge is -2.50.